The second kappa shape index (κ2) is 8.11. The zero-order valence-electron chi connectivity index (χ0n) is 18.3. The van der Waals surface area contributed by atoms with Gasteiger partial charge in [-0.15, -0.1) is 6.42 Å². The normalized spacial score (nSPS) is 28.0. The number of carbonyl (C=O) groups is 1. The number of carbonyl (C=O) groups excluding carboxylic acids is 1. The smallest absolute Gasteiger partial charge is 0.255 e. The van der Waals surface area contributed by atoms with Gasteiger partial charge in [0.25, 0.3) is 5.91 Å². The second-order valence-electron chi connectivity index (χ2n) is 9.17. The minimum Gasteiger partial charge on any atom is -0.389 e. The van der Waals surface area contributed by atoms with Crippen LogP contribution < -0.4 is 0 Å². The number of piperidine rings is 1. The van der Waals surface area contributed by atoms with E-state index in [1.165, 1.54) is 0 Å². The van der Waals surface area contributed by atoms with Gasteiger partial charge in [0.1, 0.15) is 0 Å². The first kappa shape index (κ1) is 21.3. The lowest BCUT2D eigenvalue weighted by atomic mass is 9.93. The molecule has 3 aliphatic heterocycles. The fourth-order valence-corrected chi connectivity index (χ4v) is 5.45. The van der Waals surface area contributed by atoms with Gasteiger partial charge in [0.15, 0.2) is 5.67 Å². The first-order valence-electron chi connectivity index (χ1n) is 11.3. The van der Waals surface area contributed by atoms with Gasteiger partial charge in [-0.2, -0.15) is 0 Å². The van der Waals surface area contributed by atoms with Gasteiger partial charge >= 0.3 is 0 Å². The molecule has 1 aromatic carbocycles. The standard InChI is InChI=1S/C25H28FN3O3/c1-3-25(26)7-10-28(11-8-25)14-17-13-19-22(23-18(17)5-4-9-27-23)16(2)29(24(19)31)20-6-12-32-15-21(20)30/h1,4-5,9,13,16,20-21,30H,6-8,10-12,14-15H2,2H3. The van der Waals surface area contributed by atoms with Crippen LogP contribution in [-0.4, -0.2) is 69.9 Å². The summed E-state index contributed by atoms with van der Waals surface area (Å²) < 4.78 is 19.8. The molecule has 0 radical (unpaired) electrons. The summed E-state index contributed by atoms with van der Waals surface area (Å²) in [5.74, 6) is 2.23. The molecule has 7 heteroatoms. The summed E-state index contributed by atoms with van der Waals surface area (Å²) in [5, 5.41) is 11.5. The van der Waals surface area contributed by atoms with Crippen molar-refractivity contribution in [1.82, 2.24) is 14.8 Å². The maximum atomic E-state index is 14.4. The van der Waals surface area contributed by atoms with Crippen LogP contribution in [0.15, 0.2) is 24.4 Å². The minimum absolute atomic E-state index is 0.0685. The highest BCUT2D eigenvalue weighted by molar-refractivity contribution is 6.05. The third kappa shape index (κ3) is 3.47. The Morgan fingerprint density at radius 1 is 1.41 bits per heavy atom. The van der Waals surface area contributed by atoms with Crippen LogP contribution >= 0.6 is 0 Å². The minimum atomic E-state index is -1.52. The zero-order valence-corrected chi connectivity index (χ0v) is 18.3. The Labute approximate surface area is 187 Å². The van der Waals surface area contributed by atoms with E-state index in [1.807, 2.05) is 25.1 Å². The molecule has 0 aliphatic carbocycles. The van der Waals surface area contributed by atoms with E-state index < -0.39 is 11.8 Å². The van der Waals surface area contributed by atoms with E-state index in [2.05, 4.69) is 15.8 Å². The van der Waals surface area contributed by atoms with Crippen LogP contribution in [0.25, 0.3) is 10.9 Å². The monoisotopic (exact) mass is 437 g/mol. The van der Waals surface area contributed by atoms with Gasteiger partial charge in [0, 0.05) is 61.8 Å². The fraction of sp³-hybridized carbons (Fsp3) is 0.520. The molecule has 3 unspecified atom stereocenters. The van der Waals surface area contributed by atoms with Gasteiger partial charge in [-0.3, -0.25) is 14.7 Å². The fourth-order valence-electron chi connectivity index (χ4n) is 5.45. The van der Waals surface area contributed by atoms with Gasteiger partial charge in [-0.1, -0.05) is 12.0 Å². The number of pyridine rings is 1. The van der Waals surface area contributed by atoms with E-state index in [9.17, 15) is 14.3 Å². The van der Waals surface area contributed by atoms with Crippen LogP contribution in [0.4, 0.5) is 4.39 Å². The summed E-state index contributed by atoms with van der Waals surface area (Å²) in [6.07, 6.45) is 7.65. The Morgan fingerprint density at radius 2 is 2.19 bits per heavy atom. The molecule has 32 heavy (non-hydrogen) atoms. The van der Waals surface area contributed by atoms with Crippen molar-refractivity contribution < 1.29 is 19.0 Å². The molecule has 1 aromatic heterocycles. The molecule has 2 fully saturated rings. The number of aliphatic hydroxyl groups excluding tert-OH is 1. The van der Waals surface area contributed by atoms with Crippen molar-refractivity contribution in [3.05, 3.63) is 41.1 Å². The van der Waals surface area contributed by atoms with Gasteiger partial charge in [0.05, 0.1) is 30.3 Å². The lowest BCUT2D eigenvalue weighted by molar-refractivity contribution is -0.0623. The van der Waals surface area contributed by atoms with E-state index in [0.29, 0.717) is 51.1 Å². The summed E-state index contributed by atoms with van der Waals surface area (Å²) in [6.45, 7) is 4.53. The van der Waals surface area contributed by atoms with Crippen LogP contribution in [0.3, 0.4) is 0 Å². The van der Waals surface area contributed by atoms with E-state index in [-0.39, 0.29) is 24.6 Å². The third-order valence-corrected chi connectivity index (χ3v) is 7.27. The van der Waals surface area contributed by atoms with Crippen molar-refractivity contribution in [1.29, 1.82) is 0 Å². The summed E-state index contributed by atoms with van der Waals surface area (Å²) in [5.41, 5.74) is 1.88. The van der Waals surface area contributed by atoms with Crippen molar-refractivity contribution in [3.63, 3.8) is 0 Å². The number of fused-ring (bicyclic) bond motifs is 3. The number of benzene rings is 1. The number of likely N-dealkylation sites (tertiary alicyclic amines) is 1. The topological polar surface area (TPSA) is 65.9 Å². The summed E-state index contributed by atoms with van der Waals surface area (Å²) in [4.78, 5) is 22.2. The van der Waals surface area contributed by atoms with Gasteiger partial charge in [-0.25, -0.2) is 4.39 Å². The first-order chi connectivity index (χ1) is 15.4. The molecule has 0 saturated carbocycles. The number of ether oxygens (including phenoxy) is 1. The Kier molecular flexibility index (Phi) is 5.40. The lowest BCUT2D eigenvalue weighted by Crippen LogP contribution is -2.50. The molecule has 1 N–H and O–H groups in total. The molecule has 5 rings (SSSR count). The number of aliphatic hydroxyl groups is 1. The molecule has 4 heterocycles. The Bertz CT molecular complexity index is 1090. The summed E-state index contributed by atoms with van der Waals surface area (Å²) >= 11 is 0. The number of nitrogens with zero attached hydrogens (tertiary/aromatic N) is 3. The molecule has 0 spiro atoms. The van der Waals surface area contributed by atoms with Crippen LogP contribution in [0.5, 0.6) is 0 Å². The maximum Gasteiger partial charge on any atom is 0.255 e. The number of aromatic nitrogens is 1. The number of halogens is 1. The summed E-state index contributed by atoms with van der Waals surface area (Å²) in [7, 11) is 0. The number of terminal acetylenes is 1. The van der Waals surface area contributed by atoms with Crippen molar-refractivity contribution >= 4 is 16.8 Å². The first-order valence-corrected chi connectivity index (χ1v) is 11.3. The second-order valence-corrected chi connectivity index (χ2v) is 9.17. The van der Waals surface area contributed by atoms with Gasteiger partial charge < -0.3 is 14.7 Å². The quantitative estimate of drug-likeness (QED) is 0.748. The predicted octanol–water partition coefficient (Wildman–Crippen LogP) is 2.84. The molecule has 2 saturated heterocycles. The van der Waals surface area contributed by atoms with E-state index >= 15 is 0 Å². The molecule has 2 aromatic rings. The summed E-state index contributed by atoms with van der Waals surface area (Å²) in [6, 6.07) is 5.46. The highest BCUT2D eigenvalue weighted by atomic mass is 19.1. The van der Waals surface area contributed by atoms with Crippen molar-refractivity contribution in [2.45, 2.75) is 56.6 Å². The maximum absolute atomic E-state index is 14.4. The molecule has 3 aliphatic rings. The van der Waals surface area contributed by atoms with E-state index in [1.54, 1.807) is 11.1 Å². The number of rotatable bonds is 3. The lowest BCUT2D eigenvalue weighted by Gasteiger charge is -2.37. The van der Waals surface area contributed by atoms with E-state index in [0.717, 1.165) is 22.0 Å². The SMILES string of the molecule is C#CC1(F)CCN(Cc2cc3c(c4ncccc24)C(C)N(C2CCOCC2O)C3=O)CC1. The highest BCUT2D eigenvalue weighted by Crippen LogP contribution is 2.42. The van der Waals surface area contributed by atoms with Crippen molar-refractivity contribution in [2.24, 2.45) is 0 Å². The Morgan fingerprint density at radius 3 is 2.91 bits per heavy atom. The van der Waals surface area contributed by atoms with Gasteiger partial charge in [-0.05, 0) is 31.0 Å². The van der Waals surface area contributed by atoms with Crippen LogP contribution in [-0.2, 0) is 11.3 Å². The van der Waals surface area contributed by atoms with Crippen molar-refractivity contribution in [2.75, 3.05) is 26.3 Å². The van der Waals surface area contributed by atoms with Crippen LogP contribution in [0, 0.1) is 12.3 Å². The third-order valence-electron chi connectivity index (χ3n) is 7.27. The Balaban J connectivity index is 1.50. The molecule has 168 valence electrons. The molecule has 1 amide bonds. The average Bonchev–Trinajstić information content (AvgIpc) is 3.06. The highest BCUT2D eigenvalue weighted by Gasteiger charge is 2.43. The average molecular weight is 438 g/mol. The molecular weight excluding hydrogens is 409 g/mol. The number of amides is 1. The zero-order chi connectivity index (χ0) is 22.5. The number of alkyl halides is 1. The number of hydrogen-bond acceptors (Lipinski definition) is 5. The molecule has 0 bridgehead atoms. The molecule has 6 nitrogen and oxygen atoms in total. The molecule has 3 atom stereocenters. The van der Waals surface area contributed by atoms with Crippen molar-refractivity contribution in [3.8, 4) is 12.3 Å². The van der Waals surface area contributed by atoms with Gasteiger partial charge in [0.2, 0.25) is 0 Å². The largest absolute Gasteiger partial charge is 0.389 e. The molecular formula is C25H28FN3O3. The Hall–Kier alpha value is -2.53. The predicted molar refractivity (Wildman–Crippen MR) is 119 cm³/mol. The van der Waals surface area contributed by atoms with Crippen LogP contribution in [0.2, 0.25) is 0 Å². The number of hydrogen-bond donors (Lipinski definition) is 1. The van der Waals surface area contributed by atoms with Crippen LogP contribution in [0.1, 0.15) is 53.7 Å². The van der Waals surface area contributed by atoms with E-state index in [4.69, 9.17) is 11.2 Å².